The Bertz CT molecular complexity index is 534. The number of benzene rings is 1. The SMILES string of the molecule is CN(CCCC(=O)c1ccc(F)cc1)Cc1ccco1. The first kappa shape index (κ1) is 14.5. The Morgan fingerprint density at radius 2 is 2.00 bits per heavy atom. The van der Waals surface area contributed by atoms with Gasteiger partial charge in [-0.15, -0.1) is 0 Å². The zero-order valence-electron chi connectivity index (χ0n) is 11.5. The standard InChI is InChI=1S/C16H18FNO2/c1-18(12-15-4-3-11-20-15)10-2-5-16(19)13-6-8-14(17)9-7-13/h3-4,6-9,11H,2,5,10,12H2,1H3. The molecule has 0 spiro atoms. The first-order valence-electron chi connectivity index (χ1n) is 6.65. The number of ketones is 1. The summed E-state index contributed by atoms with van der Waals surface area (Å²) in [5.74, 6) is 0.647. The van der Waals surface area contributed by atoms with E-state index < -0.39 is 0 Å². The number of hydrogen-bond donors (Lipinski definition) is 0. The molecular formula is C16H18FNO2. The molecule has 0 fully saturated rings. The van der Waals surface area contributed by atoms with Gasteiger partial charge >= 0.3 is 0 Å². The Balaban J connectivity index is 1.72. The third kappa shape index (κ3) is 4.31. The molecule has 0 aliphatic carbocycles. The topological polar surface area (TPSA) is 33.5 Å². The van der Waals surface area contributed by atoms with Gasteiger partial charge < -0.3 is 4.42 Å². The van der Waals surface area contributed by atoms with E-state index in [2.05, 4.69) is 4.90 Å². The molecule has 2 aromatic rings. The normalized spacial score (nSPS) is 10.9. The Kier molecular flexibility index (Phi) is 5.07. The largest absolute Gasteiger partial charge is 0.468 e. The van der Waals surface area contributed by atoms with E-state index in [1.807, 2.05) is 19.2 Å². The van der Waals surface area contributed by atoms with Crippen molar-refractivity contribution in [2.24, 2.45) is 0 Å². The van der Waals surface area contributed by atoms with Crippen LogP contribution in [-0.2, 0) is 6.54 Å². The van der Waals surface area contributed by atoms with Gasteiger partial charge in [0.25, 0.3) is 0 Å². The van der Waals surface area contributed by atoms with E-state index in [1.165, 1.54) is 24.3 Å². The summed E-state index contributed by atoms with van der Waals surface area (Å²) >= 11 is 0. The van der Waals surface area contributed by atoms with E-state index in [0.29, 0.717) is 12.0 Å². The summed E-state index contributed by atoms with van der Waals surface area (Å²) in [6, 6.07) is 9.49. The molecular weight excluding hydrogens is 257 g/mol. The minimum atomic E-state index is -0.320. The second kappa shape index (κ2) is 7.01. The van der Waals surface area contributed by atoms with Crippen molar-refractivity contribution in [1.82, 2.24) is 4.90 Å². The van der Waals surface area contributed by atoms with Gasteiger partial charge in [0.15, 0.2) is 5.78 Å². The van der Waals surface area contributed by atoms with Crippen LogP contribution in [0.15, 0.2) is 47.1 Å². The number of Topliss-reactive ketones (excluding diaryl/α,β-unsaturated/α-hetero) is 1. The Labute approximate surface area is 118 Å². The average Bonchev–Trinajstić information content (AvgIpc) is 2.92. The van der Waals surface area contributed by atoms with Crippen molar-refractivity contribution in [3.05, 3.63) is 59.8 Å². The number of hydrogen-bond acceptors (Lipinski definition) is 3. The second-order valence-corrected chi connectivity index (χ2v) is 4.85. The average molecular weight is 275 g/mol. The smallest absolute Gasteiger partial charge is 0.162 e. The highest BCUT2D eigenvalue weighted by Crippen LogP contribution is 2.09. The molecule has 4 heteroatoms. The second-order valence-electron chi connectivity index (χ2n) is 4.85. The summed E-state index contributed by atoms with van der Waals surface area (Å²) < 4.78 is 18.0. The molecule has 0 atom stereocenters. The highest BCUT2D eigenvalue weighted by molar-refractivity contribution is 5.95. The van der Waals surface area contributed by atoms with E-state index in [9.17, 15) is 9.18 Å². The van der Waals surface area contributed by atoms with Crippen LogP contribution < -0.4 is 0 Å². The summed E-state index contributed by atoms with van der Waals surface area (Å²) in [4.78, 5) is 14.0. The molecule has 0 amide bonds. The fourth-order valence-corrected chi connectivity index (χ4v) is 2.04. The maximum atomic E-state index is 12.8. The van der Waals surface area contributed by atoms with Crippen molar-refractivity contribution < 1.29 is 13.6 Å². The molecule has 0 aliphatic heterocycles. The van der Waals surface area contributed by atoms with E-state index >= 15 is 0 Å². The summed E-state index contributed by atoms with van der Waals surface area (Å²) in [6.07, 6.45) is 2.89. The number of furan rings is 1. The predicted octanol–water partition coefficient (Wildman–Crippen LogP) is 3.51. The van der Waals surface area contributed by atoms with Crippen LogP contribution in [0.3, 0.4) is 0 Å². The molecule has 0 saturated carbocycles. The van der Waals surface area contributed by atoms with E-state index in [-0.39, 0.29) is 11.6 Å². The third-order valence-corrected chi connectivity index (χ3v) is 3.12. The minimum Gasteiger partial charge on any atom is -0.468 e. The highest BCUT2D eigenvalue weighted by Gasteiger charge is 2.07. The lowest BCUT2D eigenvalue weighted by molar-refractivity contribution is 0.0975. The minimum absolute atomic E-state index is 0.0522. The van der Waals surface area contributed by atoms with Crippen LogP contribution in [0.2, 0.25) is 0 Å². The fraction of sp³-hybridized carbons (Fsp3) is 0.312. The van der Waals surface area contributed by atoms with Gasteiger partial charge in [0.1, 0.15) is 11.6 Å². The quantitative estimate of drug-likeness (QED) is 0.725. The van der Waals surface area contributed by atoms with Crippen molar-refractivity contribution in [1.29, 1.82) is 0 Å². The van der Waals surface area contributed by atoms with Gasteiger partial charge in [0, 0.05) is 12.0 Å². The molecule has 0 N–H and O–H groups in total. The first-order valence-corrected chi connectivity index (χ1v) is 6.65. The maximum absolute atomic E-state index is 12.8. The molecule has 2 rings (SSSR count). The number of nitrogens with zero attached hydrogens (tertiary/aromatic N) is 1. The summed E-state index contributed by atoms with van der Waals surface area (Å²) in [7, 11) is 1.99. The molecule has 0 radical (unpaired) electrons. The van der Waals surface area contributed by atoms with Crippen LogP contribution in [0.5, 0.6) is 0 Å². The van der Waals surface area contributed by atoms with Crippen LogP contribution >= 0.6 is 0 Å². The number of rotatable bonds is 7. The Morgan fingerprint density at radius 3 is 2.65 bits per heavy atom. The van der Waals surface area contributed by atoms with Gasteiger partial charge in [0.2, 0.25) is 0 Å². The van der Waals surface area contributed by atoms with Crippen LogP contribution in [0, 0.1) is 5.82 Å². The fourth-order valence-electron chi connectivity index (χ4n) is 2.04. The summed E-state index contributed by atoms with van der Waals surface area (Å²) in [5.41, 5.74) is 0.570. The molecule has 1 aromatic carbocycles. The van der Waals surface area contributed by atoms with Crippen molar-refractivity contribution in [2.75, 3.05) is 13.6 Å². The molecule has 0 bridgehead atoms. The Hall–Kier alpha value is -1.94. The van der Waals surface area contributed by atoms with Gasteiger partial charge in [-0.1, -0.05) is 0 Å². The number of halogens is 1. The zero-order valence-corrected chi connectivity index (χ0v) is 11.5. The zero-order chi connectivity index (χ0) is 14.4. The lowest BCUT2D eigenvalue weighted by Crippen LogP contribution is -2.19. The lowest BCUT2D eigenvalue weighted by atomic mass is 10.1. The summed E-state index contributed by atoms with van der Waals surface area (Å²) in [6.45, 7) is 1.55. The molecule has 20 heavy (non-hydrogen) atoms. The lowest BCUT2D eigenvalue weighted by Gasteiger charge is -2.14. The van der Waals surface area contributed by atoms with Gasteiger partial charge in [-0.25, -0.2) is 4.39 Å². The van der Waals surface area contributed by atoms with Gasteiger partial charge in [0.05, 0.1) is 12.8 Å². The first-order chi connectivity index (χ1) is 9.65. The molecule has 0 saturated heterocycles. The van der Waals surface area contributed by atoms with Crippen molar-refractivity contribution in [2.45, 2.75) is 19.4 Å². The van der Waals surface area contributed by atoms with Crippen molar-refractivity contribution in [3.63, 3.8) is 0 Å². The predicted molar refractivity (Wildman–Crippen MR) is 75.0 cm³/mol. The maximum Gasteiger partial charge on any atom is 0.162 e. The molecule has 106 valence electrons. The van der Waals surface area contributed by atoms with Gasteiger partial charge in [-0.2, -0.15) is 0 Å². The van der Waals surface area contributed by atoms with Crippen LogP contribution in [0.4, 0.5) is 4.39 Å². The summed E-state index contributed by atoms with van der Waals surface area (Å²) in [5, 5.41) is 0. The third-order valence-electron chi connectivity index (χ3n) is 3.12. The number of carbonyl (C=O) groups excluding carboxylic acids is 1. The van der Waals surface area contributed by atoms with Crippen LogP contribution in [0.1, 0.15) is 29.0 Å². The van der Waals surface area contributed by atoms with Crippen molar-refractivity contribution >= 4 is 5.78 Å². The Morgan fingerprint density at radius 1 is 1.25 bits per heavy atom. The van der Waals surface area contributed by atoms with Gasteiger partial charge in [-0.3, -0.25) is 9.69 Å². The molecule has 1 aromatic heterocycles. The van der Waals surface area contributed by atoms with E-state index in [4.69, 9.17) is 4.42 Å². The van der Waals surface area contributed by atoms with E-state index in [1.54, 1.807) is 6.26 Å². The van der Waals surface area contributed by atoms with E-state index in [0.717, 1.165) is 25.3 Å². The van der Waals surface area contributed by atoms with Crippen LogP contribution in [-0.4, -0.2) is 24.3 Å². The van der Waals surface area contributed by atoms with Crippen molar-refractivity contribution in [3.8, 4) is 0 Å². The number of carbonyl (C=O) groups is 1. The molecule has 3 nitrogen and oxygen atoms in total. The highest BCUT2D eigenvalue weighted by atomic mass is 19.1. The molecule has 0 aliphatic rings. The van der Waals surface area contributed by atoms with Crippen LogP contribution in [0.25, 0.3) is 0 Å². The monoisotopic (exact) mass is 275 g/mol. The molecule has 0 unspecified atom stereocenters. The van der Waals surface area contributed by atoms with Gasteiger partial charge in [-0.05, 0) is 56.4 Å². The molecule has 1 heterocycles.